The minimum Gasteiger partial charge on any atom is -0.493 e. The summed E-state index contributed by atoms with van der Waals surface area (Å²) in [5.41, 5.74) is 1.35. The number of nitro benzene ring substituents is 1. The highest BCUT2D eigenvalue weighted by Gasteiger charge is 2.32. The Balaban J connectivity index is 1.85. The van der Waals surface area contributed by atoms with Crippen molar-refractivity contribution in [3.05, 3.63) is 63.7 Å². The van der Waals surface area contributed by atoms with E-state index >= 15 is 0 Å². The van der Waals surface area contributed by atoms with E-state index in [1.807, 2.05) is 18.2 Å². The van der Waals surface area contributed by atoms with Gasteiger partial charge in [0.15, 0.2) is 11.5 Å². The van der Waals surface area contributed by atoms with Gasteiger partial charge in [-0.25, -0.2) is 0 Å². The summed E-state index contributed by atoms with van der Waals surface area (Å²) in [6.45, 7) is 0.611. The van der Waals surface area contributed by atoms with Crippen LogP contribution in [0, 0.1) is 10.1 Å². The Hall–Kier alpha value is -2.74. The van der Waals surface area contributed by atoms with E-state index in [4.69, 9.17) is 9.47 Å². The van der Waals surface area contributed by atoms with E-state index in [0.29, 0.717) is 23.6 Å². The molecule has 1 unspecified atom stereocenters. The minimum atomic E-state index is -0.480. The van der Waals surface area contributed by atoms with Crippen LogP contribution in [0.1, 0.15) is 21.3 Å². The molecule has 2 aromatic carbocycles. The molecule has 1 fully saturated rings. The van der Waals surface area contributed by atoms with Crippen molar-refractivity contribution in [3.8, 4) is 11.5 Å². The predicted octanol–water partition coefficient (Wildman–Crippen LogP) is 3.50. The van der Waals surface area contributed by atoms with Gasteiger partial charge in [-0.2, -0.15) is 0 Å². The third-order valence-corrected chi connectivity index (χ3v) is 5.43. The van der Waals surface area contributed by atoms with Crippen LogP contribution in [-0.2, 0) is 0 Å². The van der Waals surface area contributed by atoms with Crippen LogP contribution in [0.25, 0.3) is 0 Å². The van der Waals surface area contributed by atoms with Gasteiger partial charge < -0.3 is 14.4 Å². The summed E-state index contributed by atoms with van der Waals surface area (Å²) in [4.78, 5) is 24.9. The maximum absolute atomic E-state index is 12.9. The fourth-order valence-electron chi connectivity index (χ4n) is 2.85. The summed E-state index contributed by atoms with van der Waals surface area (Å²) in [7, 11) is 3.15. The van der Waals surface area contributed by atoms with Gasteiger partial charge in [0.05, 0.1) is 19.1 Å². The number of amides is 1. The summed E-state index contributed by atoms with van der Waals surface area (Å²) in [5, 5.41) is 10.6. The Morgan fingerprint density at radius 3 is 2.46 bits per heavy atom. The van der Waals surface area contributed by atoms with Crippen molar-refractivity contribution in [2.75, 3.05) is 26.5 Å². The van der Waals surface area contributed by atoms with Crippen molar-refractivity contribution >= 4 is 23.4 Å². The summed E-state index contributed by atoms with van der Waals surface area (Å²) in [6, 6.07) is 11.3. The van der Waals surface area contributed by atoms with E-state index in [0.717, 1.165) is 11.3 Å². The highest BCUT2D eigenvalue weighted by atomic mass is 32.2. The average Bonchev–Trinajstić information content (AvgIpc) is 3.16. The van der Waals surface area contributed by atoms with Gasteiger partial charge in [-0.1, -0.05) is 6.07 Å². The molecule has 0 aliphatic carbocycles. The van der Waals surface area contributed by atoms with Crippen LogP contribution in [0.15, 0.2) is 42.5 Å². The molecule has 8 heteroatoms. The monoisotopic (exact) mass is 374 g/mol. The lowest BCUT2D eigenvalue weighted by Gasteiger charge is -2.25. The topological polar surface area (TPSA) is 81.9 Å². The number of carbonyl (C=O) groups is 1. The van der Waals surface area contributed by atoms with Gasteiger partial charge in [-0.15, -0.1) is 11.8 Å². The third-order valence-electron chi connectivity index (χ3n) is 4.17. The highest BCUT2D eigenvalue weighted by molar-refractivity contribution is 7.99. The largest absolute Gasteiger partial charge is 0.493 e. The van der Waals surface area contributed by atoms with Crippen molar-refractivity contribution in [2.24, 2.45) is 0 Å². The molecule has 1 aliphatic heterocycles. The van der Waals surface area contributed by atoms with E-state index in [9.17, 15) is 14.9 Å². The number of non-ortho nitro benzene ring substituents is 1. The standard InChI is InChI=1S/C18H18N2O5S/c1-24-15-8-5-13(11-16(15)25-2)18-19(9-10-26-18)17(21)12-3-6-14(7-4-12)20(22)23/h3-8,11,18H,9-10H2,1-2H3. The molecular weight excluding hydrogens is 356 g/mol. The molecule has 0 spiro atoms. The van der Waals surface area contributed by atoms with Crippen molar-refractivity contribution in [1.29, 1.82) is 0 Å². The van der Waals surface area contributed by atoms with Gasteiger partial charge in [-0.3, -0.25) is 14.9 Å². The average molecular weight is 374 g/mol. The van der Waals surface area contributed by atoms with Crippen molar-refractivity contribution in [3.63, 3.8) is 0 Å². The maximum atomic E-state index is 12.9. The van der Waals surface area contributed by atoms with Gasteiger partial charge in [0.1, 0.15) is 5.37 Å². The Labute approximate surface area is 155 Å². The van der Waals surface area contributed by atoms with E-state index < -0.39 is 4.92 Å². The maximum Gasteiger partial charge on any atom is 0.269 e. The van der Waals surface area contributed by atoms with Crippen molar-refractivity contribution in [1.82, 2.24) is 4.90 Å². The van der Waals surface area contributed by atoms with Crippen LogP contribution >= 0.6 is 11.8 Å². The number of nitro groups is 1. The van der Waals surface area contributed by atoms with E-state index in [1.165, 1.54) is 24.3 Å². The van der Waals surface area contributed by atoms with Gasteiger partial charge in [0.25, 0.3) is 11.6 Å². The first-order valence-electron chi connectivity index (χ1n) is 7.94. The molecule has 1 heterocycles. The Morgan fingerprint density at radius 2 is 1.85 bits per heavy atom. The predicted molar refractivity (Wildman–Crippen MR) is 98.9 cm³/mol. The molecule has 1 saturated heterocycles. The molecule has 0 N–H and O–H groups in total. The molecule has 0 bridgehead atoms. The van der Waals surface area contributed by atoms with Gasteiger partial charge in [0, 0.05) is 30.0 Å². The van der Waals surface area contributed by atoms with Crippen molar-refractivity contribution < 1.29 is 19.2 Å². The van der Waals surface area contributed by atoms with Crippen LogP contribution in [0.4, 0.5) is 5.69 Å². The molecule has 136 valence electrons. The molecule has 0 saturated carbocycles. The molecule has 26 heavy (non-hydrogen) atoms. The molecule has 1 aliphatic rings. The second-order valence-corrected chi connectivity index (χ2v) is 6.83. The smallest absolute Gasteiger partial charge is 0.269 e. The number of hydrogen-bond acceptors (Lipinski definition) is 6. The fourth-order valence-corrected chi connectivity index (χ4v) is 4.10. The molecule has 1 atom stereocenters. The number of rotatable bonds is 5. The number of carbonyl (C=O) groups excluding carboxylic acids is 1. The first kappa shape index (κ1) is 18.1. The summed E-state index contributed by atoms with van der Waals surface area (Å²) in [5.74, 6) is 1.91. The van der Waals surface area contributed by atoms with Crippen molar-refractivity contribution in [2.45, 2.75) is 5.37 Å². The zero-order valence-corrected chi connectivity index (χ0v) is 15.2. The van der Waals surface area contributed by atoms with Gasteiger partial charge in [0.2, 0.25) is 0 Å². The van der Waals surface area contributed by atoms with Gasteiger partial charge in [-0.05, 0) is 29.8 Å². The SMILES string of the molecule is COc1ccc(C2SCCN2C(=O)c2ccc([N+](=O)[O-])cc2)cc1OC. The lowest BCUT2D eigenvalue weighted by molar-refractivity contribution is -0.384. The number of methoxy groups -OCH3 is 2. The lowest BCUT2D eigenvalue weighted by Crippen LogP contribution is -2.30. The van der Waals surface area contributed by atoms with Crippen LogP contribution < -0.4 is 9.47 Å². The van der Waals surface area contributed by atoms with Crippen LogP contribution in [0.5, 0.6) is 11.5 Å². The van der Waals surface area contributed by atoms with E-state index in [2.05, 4.69) is 0 Å². The fraction of sp³-hybridized carbons (Fsp3) is 0.278. The Morgan fingerprint density at radius 1 is 1.15 bits per heavy atom. The normalized spacial score (nSPS) is 16.4. The first-order chi connectivity index (χ1) is 12.5. The summed E-state index contributed by atoms with van der Waals surface area (Å²) >= 11 is 1.67. The summed E-state index contributed by atoms with van der Waals surface area (Å²) < 4.78 is 10.6. The Kier molecular flexibility index (Phi) is 5.32. The Bertz CT molecular complexity index is 825. The molecule has 0 aromatic heterocycles. The van der Waals surface area contributed by atoms with Crippen LogP contribution in [-0.4, -0.2) is 42.2 Å². The lowest BCUT2D eigenvalue weighted by atomic mass is 10.1. The van der Waals surface area contributed by atoms with Gasteiger partial charge >= 0.3 is 0 Å². The number of benzene rings is 2. The summed E-state index contributed by atoms with van der Waals surface area (Å²) in [6.07, 6.45) is 0. The van der Waals surface area contributed by atoms with E-state index in [1.54, 1.807) is 30.9 Å². The second-order valence-electron chi connectivity index (χ2n) is 5.64. The highest BCUT2D eigenvalue weighted by Crippen LogP contribution is 2.41. The molecule has 1 amide bonds. The molecule has 3 rings (SSSR count). The van der Waals surface area contributed by atoms with Crippen LogP contribution in [0.3, 0.4) is 0 Å². The minimum absolute atomic E-state index is 0.0335. The molecule has 2 aromatic rings. The first-order valence-corrected chi connectivity index (χ1v) is 8.99. The molecule has 7 nitrogen and oxygen atoms in total. The zero-order valence-electron chi connectivity index (χ0n) is 14.4. The second kappa shape index (κ2) is 7.65. The third kappa shape index (κ3) is 3.45. The van der Waals surface area contributed by atoms with E-state index in [-0.39, 0.29) is 17.0 Å². The number of hydrogen-bond donors (Lipinski definition) is 0. The molecule has 0 radical (unpaired) electrons. The zero-order chi connectivity index (χ0) is 18.7. The number of ether oxygens (including phenoxy) is 2. The quantitative estimate of drug-likeness (QED) is 0.588. The number of thioether (sulfide) groups is 1. The molecular formula is C18H18N2O5S. The van der Waals surface area contributed by atoms with Crippen LogP contribution in [0.2, 0.25) is 0 Å². The number of nitrogens with zero attached hydrogens (tertiary/aromatic N) is 2.